The Morgan fingerprint density at radius 1 is 1.12 bits per heavy atom. The molecule has 1 amide bonds. The lowest BCUT2D eigenvalue weighted by molar-refractivity contribution is 0.102. The third-order valence-corrected chi connectivity index (χ3v) is 6.34. The molecule has 1 aliphatic carbocycles. The van der Waals surface area contributed by atoms with Crippen LogP contribution in [0.15, 0.2) is 36.5 Å². The Hall–Kier alpha value is -3.55. The van der Waals surface area contributed by atoms with Crippen molar-refractivity contribution in [3.8, 4) is 0 Å². The van der Waals surface area contributed by atoms with Gasteiger partial charge in [-0.05, 0) is 57.0 Å². The highest BCUT2D eigenvalue weighted by atomic mass is 16.1. The highest BCUT2D eigenvalue weighted by Gasteiger charge is 2.20. The second-order valence-electron chi connectivity index (χ2n) is 8.40. The summed E-state index contributed by atoms with van der Waals surface area (Å²) in [4.78, 5) is 23.7. The van der Waals surface area contributed by atoms with Gasteiger partial charge in [-0.1, -0.05) is 12.8 Å². The predicted molar refractivity (Wildman–Crippen MR) is 130 cm³/mol. The minimum absolute atomic E-state index is 0.146. The van der Waals surface area contributed by atoms with Crippen LogP contribution in [0.2, 0.25) is 0 Å². The summed E-state index contributed by atoms with van der Waals surface area (Å²) in [5.41, 5.74) is 4.85. The molecule has 0 spiro atoms. The number of nitrogens with one attached hydrogen (secondary N) is 4. The Bertz CT molecular complexity index is 1250. The summed E-state index contributed by atoms with van der Waals surface area (Å²) < 4.78 is 0. The summed E-state index contributed by atoms with van der Waals surface area (Å²) in [6.07, 6.45) is 6.65. The maximum Gasteiger partial charge on any atom is 0.257 e. The number of aromatic nitrogens is 4. The predicted octanol–water partition coefficient (Wildman–Crippen LogP) is 4.89. The molecule has 4 aromatic rings. The molecule has 0 radical (unpaired) electrons. The molecule has 32 heavy (non-hydrogen) atoms. The quantitative estimate of drug-likeness (QED) is 0.334. The van der Waals surface area contributed by atoms with E-state index in [0.717, 1.165) is 52.3 Å². The van der Waals surface area contributed by atoms with Gasteiger partial charge < -0.3 is 20.5 Å². The topological polar surface area (TPSA) is 102 Å². The lowest BCUT2D eigenvalue weighted by Gasteiger charge is -2.23. The summed E-state index contributed by atoms with van der Waals surface area (Å²) >= 11 is 0. The zero-order valence-electron chi connectivity index (χ0n) is 18.5. The summed E-state index contributed by atoms with van der Waals surface area (Å²) in [5.74, 6) is 0.632. The normalized spacial score (nSPS) is 14.3. The molecule has 1 saturated carbocycles. The average Bonchev–Trinajstić information content (AvgIpc) is 3.54. The number of rotatable bonds is 7. The lowest BCUT2D eigenvalue weighted by Crippen LogP contribution is -2.25. The van der Waals surface area contributed by atoms with Crippen molar-refractivity contribution in [1.82, 2.24) is 20.2 Å². The van der Waals surface area contributed by atoms with Gasteiger partial charge in [-0.3, -0.25) is 9.89 Å². The zero-order valence-corrected chi connectivity index (χ0v) is 18.5. The molecule has 166 valence electrons. The van der Waals surface area contributed by atoms with Gasteiger partial charge in [0.2, 0.25) is 5.95 Å². The molecule has 0 saturated heterocycles. The number of amides is 1. The van der Waals surface area contributed by atoms with Gasteiger partial charge >= 0.3 is 0 Å². The van der Waals surface area contributed by atoms with Crippen molar-refractivity contribution in [2.45, 2.75) is 45.6 Å². The molecule has 2 aromatic heterocycles. The molecule has 2 aromatic carbocycles. The van der Waals surface area contributed by atoms with Gasteiger partial charge in [-0.15, -0.1) is 0 Å². The van der Waals surface area contributed by atoms with Crippen molar-refractivity contribution in [2.24, 2.45) is 0 Å². The average molecular weight is 432 g/mol. The van der Waals surface area contributed by atoms with Crippen molar-refractivity contribution < 1.29 is 4.79 Å². The van der Waals surface area contributed by atoms with Crippen LogP contribution in [0.25, 0.3) is 21.9 Å². The van der Waals surface area contributed by atoms with Crippen LogP contribution in [0.4, 0.5) is 17.3 Å². The van der Waals surface area contributed by atoms with Gasteiger partial charge in [-0.2, -0.15) is 5.10 Å². The molecule has 0 unspecified atom stereocenters. The van der Waals surface area contributed by atoms with Crippen molar-refractivity contribution in [3.05, 3.63) is 42.1 Å². The minimum atomic E-state index is -0.146. The number of carbonyl (C=O) groups excluding carboxylic acids is 1. The molecule has 2 heterocycles. The van der Waals surface area contributed by atoms with E-state index in [1.165, 1.54) is 25.7 Å². The van der Waals surface area contributed by atoms with E-state index in [2.05, 4.69) is 44.6 Å². The van der Waals surface area contributed by atoms with Crippen molar-refractivity contribution >= 4 is 45.2 Å². The number of carbonyl (C=O) groups is 1. The molecule has 1 aliphatic rings. The van der Waals surface area contributed by atoms with Gasteiger partial charge in [0, 0.05) is 30.2 Å². The first-order valence-corrected chi connectivity index (χ1v) is 11.4. The fraction of sp³-hybridized carbons (Fsp3) is 0.375. The van der Waals surface area contributed by atoms with Gasteiger partial charge in [0.1, 0.15) is 0 Å². The Kier molecular flexibility index (Phi) is 5.43. The van der Waals surface area contributed by atoms with E-state index in [0.29, 0.717) is 11.6 Å². The molecule has 8 nitrogen and oxygen atoms in total. The van der Waals surface area contributed by atoms with E-state index in [4.69, 9.17) is 4.98 Å². The van der Waals surface area contributed by atoms with Crippen molar-refractivity contribution in [1.29, 1.82) is 0 Å². The summed E-state index contributed by atoms with van der Waals surface area (Å²) in [7, 11) is 0. The number of aromatic amines is 2. The van der Waals surface area contributed by atoms with E-state index in [9.17, 15) is 4.79 Å². The van der Waals surface area contributed by atoms with Crippen molar-refractivity contribution in [3.63, 3.8) is 0 Å². The van der Waals surface area contributed by atoms with Crippen LogP contribution < -0.4 is 15.5 Å². The van der Waals surface area contributed by atoms with Crippen LogP contribution in [0.5, 0.6) is 0 Å². The fourth-order valence-electron chi connectivity index (χ4n) is 4.60. The first kappa shape index (κ1) is 20.4. The first-order valence-electron chi connectivity index (χ1n) is 11.4. The second-order valence-corrected chi connectivity index (χ2v) is 8.40. The highest BCUT2D eigenvalue weighted by molar-refractivity contribution is 6.11. The van der Waals surface area contributed by atoms with E-state index < -0.39 is 0 Å². The minimum Gasteiger partial charge on any atom is -0.371 e. The summed E-state index contributed by atoms with van der Waals surface area (Å²) in [6.45, 7) is 5.80. The maximum atomic E-state index is 13.4. The van der Waals surface area contributed by atoms with Crippen LogP contribution >= 0.6 is 0 Å². The van der Waals surface area contributed by atoms with Crippen LogP contribution in [0.1, 0.15) is 49.9 Å². The molecule has 1 fully saturated rings. The molecule has 0 aliphatic heterocycles. The number of hydrogen-bond donors (Lipinski definition) is 4. The third-order valence-electron chi connectivity index (χ3n) is 6.34. The maximum absolute atomic E-state index is 13.4. The molecular weight excluding hydrogens is 402 g/mol. The molecule has 8 heteroatoms. The SMILES string of the molecule is CCN(CC)c1cc2nc(NC3CCCC3)[nH]c2cc1C(=O)Nc1ccc2cn[nH]c2c1. The molecular formula is C24H29N7O. The number of benzene rings is 2. The van der Waals surface area contributed by atoms with Gasteiger partial charge in [0.15, 0.2) is 0 Å². The number of anilines is 3. The summed E-state index contributed by atoms with van der Waals surface area (Å²) in [6, 6.07) is 10.1. The van der Waals surface area contributed by atoms with Crippen LogP contribution in [-0.2, 0) is 0 Å². The van der Waals surface area contributed by atoms with E-state index in [1.807, 2.05) is 30.3 Å². The van der Waals surface area contributed by atoms with E-state index in [1.54, 1.807) is 6.20 Å². The number of nitrogens with zero attached hydrogens (tertiary/aromatic N) is 3. The first-order chi connectivity index (χ1) is 15.6. The highest BCUT2D eigenvalue weighted by Crippen LogP contribution is 2.29. The Morgan fingerprint density at radius 3 is 2.72 bits per heavy atom. The van der Waals surface area contributed by atoms with Crippen LogP contribution in [0, 0.1) is 0 Å². The van der Waals surface area contributed by atoms with Gasteiger partial charge in [0.05, 0.1) is 34.0 Å². The third kappa shape index (κ3) is 3.88. The Balaban J connectivity index is 1.49. The fourth-order valence-corrected chi connectivity index (χ4v) is 4.60. The van der Waals surface area contributed by atoms with E-state index >= 15 is 0 Å². The molecule has 0 atom stereocenters. The lowest BCUT2D eigenvalue weighted by atomic mass is 10.1. The molecule has 0 bridgehead atoms. The number of H-pyrrole nitrogens is 2. The number of fused-ring (bicyclic) bond motifs is 2. The largest absolute Gasteiger partial charge is 0.371 e. The Morgan fingerprint density at radius 2 is 1.94 bits per heavy atom. The number of hydrogen-bond acceptors (Lipinski definition) is 5. The van der Waals surface area contributed by atoms with E-state index in [-0.39, 0.29) is 5.91 Å². The van der Waals surface area contributed by atoms with Gasteiger partial charge in [0.25, 0.3) is 5.91 Å². The smallest absolute Gasteiger partial charge is 0.257 e. The monoisotopic (exact) mass is 431 g/mol. The Labute approximate surface area is 186 Å². The second kappa shape index (κ2) is 8.53. The van der Waals surface area contributed by atoms with Crippen LogP contribution in [0.3, 0.4) is 0 Å². The number of imidazole rings is 1. The summed E-state index contributed by atoms with van der Waals surface area (Å²) in [5, 5.41) is 14.6. The molecule has 5 rings (SSSR count). The van der Waals surface area contributed by atoms with Crippen LogP contribution in [-0.4, -0.2) is 45.2 Å². The standard InChI is InChI=1S/C24H29N7O/c1-3-31(4-2)22-13-21-20(28-24(29-21)27-16-7-5-6-8-16)12-18(22)23(32)26-17-10-9-15-14-25-30-19(15)11-17/h9-14,16H,3-8H2,1-2H3,(H,25,30)(H,26,32)(H2,27,28,29). The molecule has 4 N–H and O–H groups in total. The van der Waals surface area contributed by atoms with Gasteiger partial charge in [-0.25, -0.2) is 4.98 Å². The van der Waals surface area contributed by atoms with Crippen molar-refractivity contribution in [2.75, 3.05) is 28.6 Å². The zero-order chi connectivity index (χ0) is 22.1.